The predicted octanol–water partition coefficient (Wildman–Crippen LogP) is 1.21. The number of amides is 1. The number of nitrogens with two attached hydrogens (primary N) is 1. The van der Waals surface area contributed by atoms with Crippen LogP contribution in [0.5, 0.6) is 0 Å². The van der Waals surface area contributed by atoms with Crippen LogP contribution in [0.3, 0.4) is 0 Å². The summed E-state index contributed by atoms with van der Waals surface area (Å²) >= 11 is 0. The molecule has 2 aliphatic rings. The van der Waals surface area contributed by atoms with Crippen molar-refractivity contribution in [3.05, 3.63) is 29.3 Å². The van der Waals surface area contributed by atoms with Gasteiger partial charge in [-0.1, -0.05) is 6.07 Å². The Morgan fingerprint density at radius 1 is 1.17 bits per heavy atom. The van der Waals surface area contributed by atoms with Gasteiger partial charge in [0.15, 0.2) is 0 Å². The monoisotopic (exact) mass is 245 g/mol. The molecule has 0 unspecified atom stereocenters. The first kappa shape index (κ1) is 11.5. The molecule has 3 rings (SSSR count). The van der Waals surface area contributed by atoms with Crippen molar-refractivity contribution in [2.45, 2.75) is 25.9 Å². The summed E-state index contributed by atoms with van der Waals surface area (Å²) in [6.07, 6.45) is 2.31. The molecule has 0 saturated carbocycles. The van der Waals surface area contributed by atoms with Crippen LogP contribution in [0.2, 0.25) is 0 Å². The molecule has 0 radical (unpaired) electrons. The highest BCUT2D eigenvalue weighted by Crippen LogP contribution is 2.24. The first-order valence-corrected chi connectivity index (χ1v) is 6.60. The van der Waals surface area contributed by atoms with Gasteiger partial charge in [0.2, 0.25) is 5.91 Å². The van der Waals surface area contributed by atoms with Gasteiger partial charge in [-0.15, -0.1) is 0 Å². The van der Waals surface area contributed by atoms with Gasteiger partial charge in [0.25, 0.3) is 0 Å². The Morgan fingerprint density at radius 2 is 1.89 bits per heavy atom. The lowest BCUT2D eigenvalue weighted by Crippen LogP contribution is -2.36. The number of fused-ring (bicyclic) bond motifs is 1. The van der Waals surface area contributed by atoms with E-state index in [-0.39, 0.29) is 5.91 Å². The summed E-state index contributed by atoms with van der Waals surface area (Å²) in [4.78, 5) is 16.3. The number of rotatable bonds is 2. The first-order valence-electron chi connectivity index (χ1n) is 6.60. The van der Waals surface area contributed by atoms with E-state index in [4.69, 9.17) is 5.73 Å². The van der Waals surface area contributed by atoms with Crippen molar-refractivity contribution >= 4 is 11.6 Å². The van der Waals surface area contributed by atoms with Crippen LogP contribution in [0, 0.1) is 0 Å². The van der Waals surface area contributed by atoms with Crippen molar-refractivity contribution < 1.29 is 4.79 Å². The quantitative estimate of drug-likeness (QED) is 0.797. The van der Waals surface area contributed by atoms with Gasteiger partial charge in [-0.2, -0.15) is 0 Å². The lowest BCUT2D eigenvalue weighted by atomic mass is 10.1. The smallest absolute Gasteiger partial charge is 0.236 e. The first-order chi connectivity index (χ1) is 8.72. The Bertz CT molecular complexity index is 466. The van der Waals surface area contributed by atoms with Crippen molar-refractivity contribution in [2.75, 3.05) is 25.4 Å². The average molecular weight is 245 g/mol. The van der Waals surface area contributed by atoms with Gasteiger partial charge in [-0.05, 0) is 36.1 Å². The standard InChI is InChI=1S/C14H19N3O/c15-13-4-3-11-8-16(9-12(11)7-13)10-14(18)17-5-1-2-6-17/h3-4,7H,1-2,5-6,8-10,15H2. The third-order valence-electron chi connectivity index (χ3n) is 3.84. The van der Waals surface area contributed by atoms with Crippen LogP contribution >= 0.6 is 0 Å². The molecule has 0 aromatic heterocycles. The van der Waals surface area contributed by atoms with Crippen LogP contribution in [0.15, 0.2) is 18.2 Å². The van der Waals surface area contributed by atoms with E-state index >= 15 is 0 Å². The molecule has 2 aliphatic heterocycles. The summed E-state index contributed by atoms with van der Waals surface area (Å²) in [5.41, 5.74) is 9.16. The van der Waals surface area contributed by atoms with Gasteiger partial charge < -0.3 is 10.6 Å². The fraction of sp³-hybridized carbons (Fsp3) is 0.500. The minimum Gasteiger partial charge on any atom is -0.399 e. The van der Waals surface area contributed by atoms with Gasteiger partial charge in [-0.25, -0.2) is 0 Å². The third-order valence-corrected chi connectivity index (χ3v) is 3.84. The minimum atomic E-state index is 0.272. The van der Waals surface area contributed by atoms with Crippen molar-refractivity contribution in [3.8, 4) is 0 Å². The Hall–Kier alpha value is -1.55. The van der Waals surface area contributed by atoms with Gasteiger partial charge >= 0.3 is 0 Å². The zero-order valence-corrected chi connectivity index (χ0v) is 10.6. The molecule has 0 aliphatic carbocycles. The van der Waals surface area contributed by atoms with Crippen LogP contribution in [-0.2, 0) is 17.9 Å². The third kappa shape index (κ3) is 2.20. The number of anilines is 1. The van der Waals surface area contributed by atoms with Gasteiger partial charge in [0.05, 0.1) is 6.54 Å². The molecule has 2 heterocycles. The van der Waals surface area contributed by atoms with Gasteiger partial charge in [0.1, 0.15) is 0 Å². The summed E-state index contributed by atoms with van der Waals surface area (Å²) in [5.74, 6) is 0.272. The topological polar surface area (TPSA) is 49.6 Å². The number of hydrogen-bond donors (Lipinski definition) is 1. The second-order valence-electron chi connectivity index (χ2n) is 5.26. The second kappa shape index (κ2) is 4.61. The second-order valence-corrected chi connectivity index (χ2v) is 5.26. The maximum atomic E-state index is 12.1. The number of likely N-dealkylation sites (tertiary alicyclic amines) is 1. The van der Waals surface area contributed by atoms with Crippen LogP contribution in [0.1, 0.15) is 24.0 Å². The maximum absolute atomic E-state index is 12.1. The zero-order valence-electron chi connectivity index (χ0n) is 10.6. The van der Waals surface area contributed by atoms with Gasteiger partial charge in [-0.3, -0.25) is 9.69 Å². The Labute approximate surface area is 107 Å². The van der Waals surface area contributed by atoms with Crippen LogP contribution in [0.25, 0.3) is 0 Å². The van der Waals surface area contributed by atoms with Crippen LogP contribution in [-0.4, -0.2) is 35.3 Å². The fourth-order valence-corrected chi connectivity index (χ4v) is 2.85. The lowest BCUT2D eigenvalue weighted by molar-refractivity contribution is -0.131. The van der Waals surface area contributed by atoms with Gasteiger partial charge in [0, 0.05) is 31.9 Å². The van der Waals surface area contributed by atoms with E-state index < -0.39 is 0 Å². The molecule has 96 valence electrons. The SMILES string of the molecule is Nc1ccc2c(c1)CN(CC(=O)N1CCCC1)C2. The highest BCUT2D eigenvalue weighted by molar-refractivity contribution is 5.78. The van der Waals surface area contributed by atoms with Crippen LogP contribution < -0.4 is 5.73 Å². The molecule has 1 fully saturated rings. The largest absolute Gasteiger partial charge is 0.399 e. The molecule has 0 spiro atoms. The lowest BCUT2D eigenvalue weighted by Gasteiger charge is -2.20. The normalized spacial score (nSPS) is 19.2. The van der Waals surface area contributed by atoms with E-state index in [1.807, 2.05) is 17.0 Å². The highest BCUT2D eigenvalue weighted by Gasteiger charge is 2.24. The molecule has 4 nitrogen and oxygen atoms in total. The number of nitrogens with zero attached hydrogens (tertiary/aromatic N) is 2. The molecule has 4 heteroatoms. The summed E-state index contributed by atoms with van der Waals surface area (Å²) in [6, 6.07) is 6.03. The minimum absolute atomic E-state index is 0.272. The maximum Gasteiger partial charge on any atom is 0.236 e. The molecule has 1 saturated heterocycles. The average Bonchev–Trinajstić information content (AvgIpc) is 2.95. The van der Waals surface area contributed by atoms with E-state index in [1.165, 1.54) is 11.1 Å². The van der Waals surface area contributed by atoms with Crippen molar-refractivity contribution in [1.82, 2.24) is 9.80 Å². The van der Waals surface area contributed by atoms with E-state index in [9.17, 15) is 4.79 Å². The molecule has 1 amide bonds. The van der Waals surface area contributed by atoms with Crippen molar-refractivity contribution in [1.29, 1.82) is 0 Å². The van der Waals surface area contributed by atoms with Crippen LogP contribution in [0.4, 0.5) is 5.69 Å². The Balaban J connectivity index is 1.62. The molecule has 0 atom stereocenters. The van der Waals surface area contributed by atoms with Crippen molar-refractivity contribution in [2.24, 2.45) is 0 Å². The zero-order chi connectivity index (χ0) is 12.5. The molecule has 2 N–H and O–H groups in total. The van der Waals surface area contributed by atoms with E-state index in [2.05, 4.69) is 11.0 Å². The predicted molar refractivity (Wildman–Crippen MR) is 70.8 cm³/mol. The number of carbonyl (C=O) groups is 1. The fourth-order valence-electron chi connectivity index (χ4n) is 2.85. The summed E-state index contributed by atoms with van der Waals surface area (Å²) in [5, 5.41) is 0. The summed E-state index contributed by atoms with van der Waals surface area (Å²) in [7, 11) is 0. The summed E-state index contributed by atoms with van der Waals surface area (Å²) < 4.78 is 0. The Morgan fingerprint density at radius 3 is 2.67 bits per heavy atom. The number of hydrogen-bond acceptors (Lipinski definition) is 3. The molecular weight excluding hydrogens is 226 g/mol. The number of nitrogen functional groups attached to an aromatic ring is 1. The van der Waals surface area contributed by atoms with E-state index in [0.717, 1.165) is 44.7 Å². The molecular formula is C14H19N3O. The van der Waals surface area contributed by atoms with E-state index in [1.54, 1.807) is 0 Å². The van der Waals surface area contributed by atoms with Crippen molar-refractivity contribution in [3.63, 3.8) is 0 Å². The summed E-state index contributed by atoms with van der Waals surface area (Å²) in [6.45, 7) is 4.13. The Kier molecular flexibility index (Phi) is 2.96. The highest BCUT2D eigenvalue weighted by atomic mass is 16.2. The number of benzene rings is 1. The number of carbonyl (C=O) groups excluding carboxylic acids is 1. The molecule has 0 bridgehead atoms. The molecule has 1 aromatic rings. The molecule has 18 heavy (non-hydrogen) atoms. The molecule has 1 aromatic carbocycles. The van der Waals surface area contributed by atoms with E-state index in [0.29, 0.717) is 6.54 Å².